The third-order valence-electron chi connectivity index (χ3n) is 5.21. The molecule has 1 saturated carbocycles. The van der Waals surface area contributed by atoms with Gasteiger partial charge in [-0.05, 0) is 35.3 Å². The van der Waals surface area contributed by atoms with Crippen molar-refractivity contribution in [3.63, 3.8) is 0 Å². The van der Waals surface area contributed by atoms with Gasteiger partial charge in [0, 0.05) is 12.0 Å². The minimum Gasteiger partial charge on any atom is -0.388 e. The van der Waals surface area contributed by atoms with Crippen molar-refractivity contribution in [2.75, 3.05) is 6.54 Å². The van der Waals surface area contributed by atoms with Gasteiger partial charge in [0.25, 0.3) is 0 Å². The molecule has 3 N–H and O–H groups in total. The van der Waals surface area contributed by atoms with Gasteiger partial charge in [0.2, 0.25) is 0 Å². The topological polar surface area (TPSA) is 46.2 Å². The van der Waals surface area contributed by atoms with Crippen LogP contribution >= 0.6 is 0 Å². The lowest BCUT2D eigenvalue weighted by Crippen LogP contribution is -2.40. The molecule has 3 unspecified atom stereocenters. The van der Waals surface area contributed by atoms with E-state index in [1.54, 1.807) is 0 Å². The van der Waals surface area contributed by atoms with Crippen LogP contribution in [-0.4, -0.2) is 11.7 Å². The lowest BCUT2D eigenvalue weighted by atomic mass is 9.65. The van der Waals surface area contributed by atoms with Crippen LogP contribution < -0.4 is 5.73 Å². The zero-order chi connectivity index (χ0) is 15.7. The average molecular weight is 289 g/mol. The number of hydrogen-bond donors (Lipinski definition) is 2. The lowest BCUT2D eigenvalue weighted by Gasteiger charge is -2.43. The molecule has 1 aliphatic carbocycles. The predicted molar refractivity (Wildman–Crippen MR) is 89.2 cm³/mol. The Morgan fingerprint density at radius 3 is 2.38 bits per heavy atom. The van der Waals surface area contributed by atoms with E-state index in [4.69, 9.17) is 5.73 Å². The minimum atomic E-state index is -0.445. The summed E-state index contributed by atoms with van der Waals surface area (Å²) in [5, 5.41) is 10.9. The van der Waals surface area contributed by atoms with Gasteiger partial charge in [0.1, 0.15) is 0 Å². The summed E-state index contributed by atoms with van der Waals surface area (Å²) in [4.78, 5) is 0. The van der Waals surface area contributed by atoms with E-state index in [2.05, 4.69) is 52.0 Å². The van der Waals surface area contributed by atoms with Crippen molar-refractivity contribution >= 4 is 0 Å². The quantitative estimate of drug-likeness (QED) is 0.877. The summed E-state index contributed by atoms with van der Waals surface area (Å²) in [5.41, 5.74) is 8.41. The first-order chi connectivity index (χ1) is 9.78. The molecule has 2 heteroatoms. The van der Waals surface area contributed by atoms with Crippen molar-refractivity contribution in [1.29, 1.82) is 0 Å². The molecule has 0 radical (unpaired) electrons. The highest BCUT2D eigenvalue weighted by molar-refractivity contribution is 5.29. The van der Waals surface area contributed by atoms with Crippen LogP contribution in [-0.2, 0) is 5.41 Å². The Morgan fingerprint density at radius 2 is 1.90 bits per heavy atom. The van der Waals surface area contributed by atoms with Gasteiger partial charge in [-0.25, -0.2) is 0 Å². The fourth-order valence-electron chi connectivity index (χ4n) is 3.77. The molecule has 0 bridgehead atoms. The minimum absolute atomic E-state index is 0.138. The van der Waals surface area contributed by atoms with Crippen LogP contribution in [0.3, 0.4) is 0 Å². The van der Waals surface area contributed by atoms with Crippen molar-refractivity contribution in [3.8, 4) is 0 Å². The summed E-state index contributed by atoms with van der Waals surface area (Å²) >= 11 is 0. The van der Waals surface area contributed by atoms with Crippen molar-refractivity contribution in [2.24, 2.45) is 17.1 Å². The summed E-state index contributed by atoms with van der Waals surface area (Å²) < 4.78 is 0. The van der Waals surface area contributed by atoms with Crippen molar-refractivity contribution in [3.05, 3.63) is 35.4 Å². The van der Waals surface area contributed by atoms with Crippen LogP contribution in [0.25, 0.3) is 0 Å². The summed E-state index contributed by atoms with van der Waals surface area (Å²) in [6.45, 7) is 9.48. The van der Waals surface area contributed by atoms with E-state index in [1.807, 2.05) is 0 Å². The third kappa shape index (κ3) is 3.49. The molecule has 0 aliphatic heterocycles. The molecule has 1 fully saturated rings. The molecule has 0 heterocycles. The van der Waals surface area contributed by atoms with E-state index in [-0.39, 0.29) is 10.8 Å². The standard InChI is InChI=1S/C19H31NO/c1-14-6-5-11-19(12-14,13-20)17(21)15-7-9-16(10-8-15)18(2,3)4/h7-10,14,17,21H,5-6,11-13,20H2,1-4H3. The molecule has 0 saturated heterocycles. The van der Waals surface area contributed by atoms with E-state index < -0.39 is 6.10 Å². The molecule has 1 aromatic carbocycles. The maximum atomic E-state index is 10.9. The normalized spacial score (nSPS) is 28.4. The van der Waals surface area contributed by atoms with Gasteiger partial charge < -0.3 is 10.8 Å². The van der Waals surface area contributed by atoms with E-state index in [0.717, 1.165) is 18.4 Å². The number of benzene rings is 1. The molecule has 0 spiro atoms. The molecule has 0 aromatic heterocycles. The summed E-state index contributed by atoms with van der Waals surface area (Å²) in [6, 6.07) is 8.47. The fourth-order valence-corrected chi connectivity index (χ4v) is 3.77. The molecule has 0 amide bonds. The van der Waals surface area contributed by atoms with Gasteiger partial charge in [-0.1, -0.05) is 64.8 Å². The van der Waals surface area contributed by atoms with Gasteiger partial charge in [-0.3, -0.25) is 0 Å². The van der Waals surface area contributed by atoms with Crippen LogP contribution in [0.2, 0.25) is 0 Å². The van der Waals surface area contributed by atoms with Crippen LogP contribution in [0.15, 0.2) is 24.3 Å². The SMILES string of the molecule is CC1CCCC(CN)(C(O)c2ccc(C(C)(C)C)cc2)C1. The maximum absolute atomic E-state index is 10.9. The van der Waals surface area contributed by atoms with E-state index >= 15 is 0 Å². The second-order valence-electron chi connectivity index (χ2n) is 8.04. The van der Waals surface area contributed by atoms with E-state index in [1.165, 1.54) is 18.4 Å². The summed E-state index contributed by atoms with van der Waals surface area (Å²) in [7, 11) is 0. The fraction of sp³-hybridized carbons (Fsp3) is 0.684. The maximum Gasteiger partial charge on any atom is 0.0858 e. The molecular formula is C19H31NO. The monoisotopic (exact) mass is 289 g/mol. The molecule has 1 aliphatic rings. The van der Waals surface area contributed by atoms with Crippen LogP contribution in [0.1, 0.15) is 70.6 Å². The molecule has 3 atom stereocenters. The Bertz CT molecular complexity index is 459. The largest absolute Gasteiger partial charge is 0.388 e. The van der Waals surface area contributed by atoms with Gasteiger partial charge in [-0.2, -0.15) is 0 Å². The van der Waals surface area contributed by atoms with Crippen LogP contribution in [0.4, 0.5) is 0 Å². The highest BCUT2D eigenvalue weighted by Gasteiger charge is 2.40. The molecule has 118 valence electrons. The number of aliphatic hydroxyl groups is 1. The number of hydrogen-bond acceptors (Lipinski definition) is 2. The van der Waals surface area contributed by atoms with E-state index in [9.17, 15) is 5.11 Å². The molecular weight excluding hydrogens is 258 g/mol. The Kier molecular flexibility index (Phi) is 4.79. The molecule has 1 aromatic rings. The van der Waals surface area contributed by atoms with Crippen molar-refractivity contribution in [2.45, 2.75) is 64.9 Å². The zero-order valence-corrected chi connectivity index (χ0v) is 14.0. The first-order valence-corrected chi connectivity index (χ1v) is 8.27. The predicted octanol–water partition coefficient (Wildman–Crippen LogP) is 4.17. The number of nitrogens with two attached hydrogens (primary N) is 1. The molecule has 2 rings (SSSR count). The highest BCUT2D eigenvalue weighted by atomic mass is 16.3. The van der Waals surface area contributed by atoms with Gasteiger partial charge >= 0.3 is 0 Å². The lowest BCUT2D eigenvalue weighted by molar-refractivity contribution is -0.0130. The molecule has 21 heavy (non-hydrogen) atoms. The Hall–Kier alpha value is -0.860. The van der Waals surface area contributed by atoms with Crippen LogP contribution in [0, 0.1) is 11.3 Å². The smallest absolute Gasteiger partial charge is 0.0858 e. The number of rotatable bonds is 3. The summed E-state index contributed by atoms with van der Waals surface area (Å²) in [5.74, 6) is 0.658. The third-order valence-corrected chi connectivity index (χ3v) is 5.21. The Morgan fingerprint density at radius 1 is 1.29 bits per heavy atom. The Balaban J connectivity index is 2.23. The van der Waals surface area contributed by atoms with Crippen molar-refractivity contribution in [1.82, 2.24) is 0 Å². The summed E-state index contributed by atoms with van der Waals surface area (Å²) in [6.07, 6.45) is 4.06. The van der Waals surface area contributed by atoms with Gasteiger partial charge in [0.15, 0.2) is 0 Å². The van der Waals surface area contributed by atoms with Crippen LogP contribution in [0.5, 0.6) is 0 Å². The molecule has 2 nitrogen and oxygen atoms in total. The first-order valence-electron chi connectivity index (χ1n) is 8.27. The second kappa shape index (κ2) is 6.10. The zero-order valence-electron chi connectivity index (χ0n) is 14.0. The van der Waals surface area contributed by atoms with Crippen molar-refractivity contribution < 1.29 is 5.11 Å². The average Bonchev–Trinajstić information content (AvgIpc) is 2.45. The highest BCUT2D eigenvalue weighted by Crippen LogP contribution is 2.47. The second-order valence-corrected chi connectivity index (χ2v) is 8.04. The Labute approximate surface area is 129 Å². The van der Waals surface area contributed by atoms with E-state index in [0.29, 0.717) is 12.5 Å². The first kappa shape index (κ1) is 16.5. The van der Waals surface area contributed by atoms with Gasteiger partial charge in [0.05, 0.1) is 6.10 Å². The number of aliphatic hydroxyl groups excluding tert-OH is 1. The van der Waals surface area contributed by atoms with Gasteiger partial charge in [-0.15, -0.1) is 0 Å².